The maximum absolute atomic E-state index is 14.3. The minimum atomic E-state index is -0.714. The van der Waals surface area contributed by atoms with Crippen molar-refractivity contribution in [3.8, 4) is 17.3 Å². The number of fused-ring (bicyclic) bond motifs is 3. The van der Waals surface area contributed by atoms with Gasteiger partial charge in [-0.25, -0.2) is 18.7 Å². The minimum absolute atomic E-state index is 0.0414. The third kappa shape index (κ3) is 2.62. The fourth-order valence-corrected chi connectivity index (χ4v) is 3.80. The van der Waals surface area contributed by atoms with Gasteiger partial charge in [0, 0.05) is 25.0 Å². The molecule has 1 amide bonds. The molecule has 2 aromatic heterocycles. The molecule has 1 aromatic carbocycles. The number of imidazole rings is 1. The Hall–Kier alpha value is -3.36. The smallest absolute Gasteiger partial charge is 0.247 e. The lowest BCUT2D eigenvalue weighted by Gasteiger charge is -2.39. The molecule has 0 saturated carbocycles. The van der Waals surface area contributed by atoms with Gasteiger partial charge >= 0.3 is 0 Å². The van der Waals surface area contributed by atoms with Crippen molar-refractivity contribution in [1.82, 2.24) is 19.5 Å². The monoisotopic (exact) mass is 382 g/mol. The van der Waals surface area contributed by atoms with E-state index in [1.54, 1.807) is 17.0 Å². The number of aromatic nitrogens is 4. The molecule has 5 rings (SSSR count). The predicted octanol–water partition coefficient (Wildman–Crippen LogP) is 2.92. The summed E-state index contributed by atoms with van der Waals surface area (Å²) >= 11 is 0. The van der Waals surface area contributed by atoms with Crippen LogP contribution < -0.4 is 10.2 Å². The molecule has 0 spiro atoms. The van der Waals surface area contributed by atoms with Crippen LogP contribution in [0, 0.1) is 11.6 Å². The van der Waals surface area contributed by atoms with E-state index in [1.807, 2.05) is 4.90 Å². The number of halogens is 2. The summed E-state index contributed by atoms with van der Waals surface area (Å²) in [5.74, 6) is -0.193. The Kier molecular flexibility index (Phi) is 3.81. The van der Waals surface area contributed by atoms with Gasteiger partial charge in [0.25, 0.3) is 0 Å². The summed E-state index contributed by atoms with van der Waals surface area (Å²) in [6, 6.07) is 3.10. The Morgan fingerprint density at radius 2 is 2.07 bits per heavy atom. The number of carbonyl (C=O) groups is 1. The molecule has 2 aliphatic heterocycles. The van der Waals surface area contributed by atoms with Crippen molar-refractivity contribution in [1.29, 1.82) is 0 Å². The van der Waals surface area contributed by atoms with Gasteiger partial charge < -0.3 is 10.2 Å². The van der Waals surface area contributed by atoms with Gasteiger partial charge in [-0.05, 0) is 31.4 Å². The molecule has 0 radical (unpaired) electrons. The van der Waals surface area contributed by atoms with Crippen molar-refractivity contribution >= 4 is 17.4 Å². The number of hydrogen-bond donors (Lipinski definition) is 1. The minimum Gasteiger partial charge on any atom is -0.343 e. The van der Waals surface area contributed by atoms with E-state index < -0.39 is 11.6 Å². The van der Waals surface area contributed by atoms with E-state index in [0.29, 0.717) is 17.5 Å². The Morgan fingerprint density at radius 1 is 1.18 bits per heavy atom. The van der Waals surface area contributed by atoms with E-state index in [1.165, 1.54) is 18.3 Å². The van der Waals surface area contributed by atoms with Gasteiger partial charge in [0.05, 0.1) is 11.8 Å². The summed E-state index contributed by atoms with van der Waals surface area (Å²) in [4.78, 5) is 27.5. The predicted molar refractivity (Wildman–Crippen MR) is 98.1 cm³/mol. The third-order valence-corrected chi connectivity index (χ3v) is 5.12. The fraction of sp³-hybridized carbons (Fsp3) is 0.263. The van der Waals surface area contributed by atoms with Crippen molar-refractivity contribution in [3.63, 3.8) is 0 Å². The summed E-state index contributed by atoms with van der Waals surface area (Å²) in [6.07, 6.45) is 7.44. The molecule has 1 saturated heterocycles. The van der Waals surface area contributed by atoms with Crippen LogP contribution in [0.25, 0.3) is 17.3 Å². The van der Waals surface area contributed by atoms with Gasteiger partial charge in [-0.15, -0.1) is 0 Å². The van der Waals surface area contributed by atoms with Gasteiger partial charge in [0.1, 0.15) is 29.2 Å². The average Bonchev–Trinajstić information content (AvgIpc) is 3.17. The van der Waals surface area contributed by atoms with Crippen LogP contribution >= 0.6 is 0 Å². The molecule has 9 heteroatoms. The van der Waals surface area contributed by atoms with E-state index in [9.17, 15) is 13.6 Å². The molecule has 28 heavy (non-hydrogen) atoms. The molecule has 1 atom stereocenters. The first-order valence-corrected chi connectivity index (χ1v) is 9.05. The lowest BCUT2D eigenvalue weighted by atomic mass is 9.99. The van der Waals surface area contributed by atoms with Crippen LogP contribution in [0.15, 0.2) is 36.8 Å². The lowest BCUT2D eigenvalue weighted by Crippen LogP contribution is -2.51. The molecular weight excluding hydrogens is 366 g/mol. The summed E-state index contributed by atoms with van der Waals surface area (Å²) < 4.78 is 29.1. The summed E-state index contributed by atoms with van der Waals surface area (Å²) in [5.41, 5.74) is 0.707. The van der Waals surface area contributed by atoms with E-state index in [4.69, 9.17) is 0 Å². The van der Waals surface area contributed by atoms with Crippen LogP contribution in [0.5, 0.6) is 0 Å². The molecule has 1 fully saturated rings. The summed E-state index contributed by atoms with van der Waals surface area (Å²) in [5, 5.41) is 2.86. The van der Waals surface area contributed by atoms with Crippen molar-refractivity contribution in [2.45, 2.75) is 25.3 Å². The Balaban J connectivity index is 1.59. The zero-order chi connectivity index (χ0) is 19.3. The van der Waals surface area contributed by atoms with Crippen LogP contribution in [-0.2, 0) is 4.79 Å². The number of nitrogens with one attached hydrogen (secondary N) is 1. The molecule has 1 unspecified atom stereocenters. The number of rotatable bonds is 2. The third-order valence-electron chi connectivity index (χ3n) is 5.12. The highest BCUT2D eigenvalue weighted by atomic mass is 19.1. The van der Waals surface area contributed by atoms with Crippen molar-refractivity contribution in [3.05, 3.63) is 48.4 Å². The average molecular weight is 382 g/mol. The second-order valence-electron chi connectivity index (χ2n) is 6.85. The van der Waals surface area contributed by atoms with Crippen molar-refractivity contribution in [2.24, 2.45) is 0 Å². The van der Waals surface area contributed by atoms with Gasteiger partial charge in [-0.1, -0.05) is 0 Å². The Morgan fingerprint density at radius 3 is 2.93 bits per heavy atom. The number of anilines is 2. The Bertz CT molecular complexity index is 1080. The van der Waals surface area contributed by atoms with Crippen LogP contribution in [-0.4, -0.2) is 38.0 Å². The van der Waals surface area contributed by atoms with E-state index in [-0.39, 0.29) is 23.3 Å². The molecule has 2 aliphatic rings. The molecule has 0 aliphatic carbocycles. The lowest BCUT2D eigenvalue weighted by molar-refractivity contribution is -0.118. The molecule has 4 heterocycles. The van der Waals surface area contributed by atoms with E-state index >= 15 is 0 Å². The number of nitrogens with zero attached hydrogens (tertiary/aromatic N) is 5. The van der Waals surface area contributed by atoms with Crippen LogP contribution in [0.2, 0.25) is 0 Å². The van der Waals surface area contributed by atoms with Crippen molar-refractivity contribution in [2.75, 3.05) is 16.8 Å². The standard InChI is InChI=1S/C19H16F2N6O/c20-11-4-5-12(13(21)9-11)16-22-6-8-27(16)19-23-10-14-17(25-19)26-7-2-1-3-15(26)18(28)24-14/h4-6,8-10,15H,1-3,7H2,(H,24,28). The number of hydrogen-bond acceptors (Lipinski definition) is 5. The first-order chi connectivity index (χ1) is 13.6. The number of piperidine rings is 1. The number of carbonyl (C=O) groups excluding carboxylic acids is 1. The zero-order valence-electron chi connectivity index (χ0n) is 14.8. The Labute approximate surface area is 159 Å². The van der Waals surface area contributed by atoms with Crippen LogP contribution in [0.1, 0.15) is 19.3 Å². The first kappa shape index (κ1) is 16.8. The molecule has 7 nitrogen and oxygen atoms in total. The zero-order valence-corrected chi connectivity index (χ0v) is 14.8. The van der Waals surface area contributed by atoms with Gasteiger partial charge in [-0.3, -0.25) is 9.36 Å². The second-order valence-corrected chi connectivity index (χ2v) is 6.85. The highest BCUT2D eigenvalue weighted by molar-refractivity contribution is 6.02. The first-order valence-electron chi connectivity index (χ1n) is 9.05. The SMILES string of the molecule is O=C1Nc2cnc(-n3ccnc3-c3ccc(F)cc3F)nc2N2CCCCC12. The highest BCUT2D eigenvalue weighted by Crippen LogP contribution is 2.34. The molecule has 1 N–H and O–H groups in total. The molecule has 0 bridgehead atoms. The highest BCUT2D eigenvalue weighted by Gasteiger charge is 2.36. The fourth-order valence-electron chi connectivity index (χ4n) is 3.80. The number of benzene rings is 1. The maximum Gasteiger partial charge on any atom is 0.247 e. The van der Waals surface area contributed by atoms with Gasteiger partial charge in [0.2, 0.25) is 11.9 Å². The summed E-state index contributed by atoms with van der Waals surface area (Å²) in [6.45, 7) is 0.741. The van der Waals surface area contributed by atoms with Crippen molar-refractivity contribution < 1.29 is 13.6 Å². The molecular formula is C19H16F2N6O. The largest absolute Gasteiger partial charge is 0.343 e. The van der Waals surface area contributed by atoms with E-state index in [0.717, 1.165) is 31.9 Å². The van der Waals surface area contributed by atoms with Crippen LogP contribution in [0.3, 0.4) is 0 Å². The summed E-state index contributed by atoms with van der Waals surface area (Å²) in [7, 11) is 0. The maximum atomic E-state index is 14.3. The normalized spacial score (nSPS) is 18.4. The van der Waals surface area contributed by atoms with Crippen LogP contribution in [0.4, 0.5) is 20.3 Å². The van der Waals surface area contributed by atoms with Gasteiger partial charge in [-0.2, -0.15) is 4.98 Å². The second kappa shape index (κ2) is 6.36. The topological polar surface area (TPSA) is 75.9 Å². The molecule has 3 aromatic rings. The van der Waals surface area contributed by atoms with E-state index in [2.05, 4.69) is 20.3 Å². The van der Waals surface area contributed by atoms with Gasteiger partial charge in [0.15, 0.2) is 5.82 Å². The molecule has 142 valence electrons. The number of amides is 1. The quantitative estimate of drug-likeness (QED) is 0.738.